The van der Waals surface area contributed by atoms with Gasteiger partial charge in [0, 0.05) is 26.2 Å². The molecule has 1 saturated heterocycles. The van der Waals surface area contributed by atoms with Gasteiger partial charge in [0.15, 0.2) is 0 Å². The Balaban J connectivity index is 2.86. The second kappa shape index (κ2) is 7.18. The van der Waals surface area contributed by atoms with Crippen molar-refractivity contribution >= 4 is 16.2 Å². The number of carboxylic acid groups (broad SMARTS) is 1. The molecule has 0 radical (unpaired) electrons. The van der Waals surface area contributed by atoms with Crippen molar-refractivity contribution in [3.63, 3.8) is 0 Å². The highest BCUT2D eigenvalue weighted by molar-refractivity contribution is 7.86. The van der Waals surface area contributed by atoms with Crippen LogP contribution in [-0.2, 0) is 19.7 Å². The van der Waals surface area contributed by atoms with Crippen molar-refractivity contribution in [1.29, 1.82) is 0 Å². The molecule has 0 bridgehead atoms. The van der Waals surface area contributed by atoms with E-state index in [2.05, 4.69) is 0 Å². The molecule has 1 atom stereocenters. The number of carboxylic acids is 1. The lowest BCUT2D eigenvalue weighted by Crippen LogP contribution is -2.51. The molecule has 19 heavy (non-hydrogen) atoms. The average molecular weight is 294 g/mol. The Hall–Kier alpha value is -0.700. The summed E-state index contributed by atoms with van der Waals surface area (Å²) in [6.45, 7) is 2.00. The minimum Gasteiger partial charge on any atom is -0.480 e. The third kappa shape index (κ3) is 4.41. The number of hydrogen-bond acceptors (Lipinski definition) is 4. The van der Waals surface area contributed by atoms with Gasteiger partial charge < -0.3 is 9.84 Å². The Bertz CT molecular complexity index is 398. The van der Waals surface area contributed by atoms with Gasteiger partial charge in [0.25, 0.3) is 10.2 Å². The van der Waals surface area contributed by atoms with Crippen LogP contribution in [0.4, 0.5) is 0 Å². The van der Waals surface area contributed by atoms with Gasteiger partial charge in [0.05, 0.1) is 6.61 Å². The van der Waals surface area contributed by atoms with Crippen LogP contribution in [-0.4, -0.2) is 67.5 Å². The zero-order valence-corrected chi connectivity index (χ0v) is 12.2. The highest BCUT2D eigenvalue weighted by atomic mass is 32.2. The van der Waals surface area contributed by atoms with E-state index in [1.54, 1.807) is 0 Å². The topological polar surface area (TPSA) is 87.1 Å². The highest BCUT2D eigenvalue weighted by Gasteiger charge is 2.35. The van der Waals surface area contributed by atoms with Gasteiger partial charge in [0.2, 0.25) is 0 Å². The van der Waals surface area contributed by atoms with Gasteiger partial charge in [-0.3, -0.25) is 4.79 Å². The summed E-state index contributed by atoms with van der Waals surface area (Å²) < 4.78 is 32.2. The van der Waals surface area contributed by atoms with Gasteiger partial charge in [-0.2, -0.15) is 17.0 Å². The van der Waals surface area contributed by atoms with Crippen LogP contribution in [0, 0.1) is 0 Å². The zero-order valence-electron chi connectivity index (χ0n) is 11.4. The van der Waals surface area contributed by atoms with Crippen molar-refractivity contribution in [3.05, 3.63) is 0 Å². The Kier molecular flexibility index (Phi) is 6.18. The standard InChI is InChI=1S/C11H22N2O5S/c1-10-5-3-4-6-13(10)19(16,17)12(7-8-18-2)9-11(14)15/h10H,3-9H2,1-2H3,(H,14,15). The molecule has 1 aliphatic rings. The molecule has 1 N–H and O–H groups in total. The monoisotopic (exact) mass is 294 g/mol. The van der Waals surface area contributed by atoms with Gasteiger partial charge in [-0.1, -0.05) is 6.42 Å². The van der Waals surface area contributed by atoms with Crippen molar-refractivity contribution in [2.45, 2.75) is 32.2 Å². The first-order valence-corrected chi connectivity index (χ1v) is 7.77. The zero-order chi connectivity index (χ0) is 14.5. The maximum Gasteiger partial charge on any atom is 0.318 e. The molecule has 0 aromatic heterocycles. The molecule has 8 heteroatoms. The van der Waals surface area contributed by atoms with Crippen LogP contribution in [0.5, 0.6) is 0 Å². The fourth-order valence-corrected chi connectivity index (χ4v) is 3.98. The average Bonchev–Trinajstić information content (AvgIpc) is 2.34. The van der Waals surface area contributed by atoms with Crippen LogP contribution in [0.25, 0.3) is 0 Å². The molecule has 0 aromatic carbocycles. The summed E-state index contributed by atoms with van der Waals surface area (Å²) in [5.74, 6) is -1.16. The normalized spacial score (nSPS) is 21.7. The number of hydrogen-bond donors (Lipinski definition) is 1. The first kappa shape index (κ1) is 16.4. The van der Waals surface area contributed by atoms with Crippen LogP contribution in [0.1, 0.15) is 26.2 Å². The highest BCUT2D eigenvalue weighted by Crippen LogP contribution is 2.22. The van der Waals surface area contributed by atoms with Gasteiger partial charge in [-0.25, -0.2) is 0 Å². The number of piperidine rings is 1. The van der Waals surface area contributed by atoms with E-state index in [-0.39, 0.29) is 19.2 Å². The molecule has 1 heterocycles. The van der Waals surface area contributed by atoms with Crippen LogP contribution in [0.3, 0.4) is 0 Å². The summed E-state index contributed by atoms with van der Waals surface area (Å²) in [5.41, 5.74) is 0. The summed E-state index contributed by atoms with van der Waals surface area (Å²) in [6.07, 6.45) is 2.63. The van der Waals surface area contributed by atoms with Gasteiger partial charge in [-0.15, -0.1) is 0 Å². The van der Waals surface area contributed by atoms with Crippen molar-refractivity contribution < 1.29 is 23.1 Å². The first-order valence-electron chi connectivity index (χ1n) is 6.37. The van der Waals surface area contributed by atoms with E-state index < -0.39 is 22.7 Å². The summed E-state index contributed by atoms with van der Waals surface area (Å²) in [6, 6.07) is -0.0856. The Labute approximate surface area is 114 Å². The SMILES string of the molecule is COCCN(CC(=O)O)S(=O)(=O)N1CCCCC1C. The van der Waals surface area contributed by atoms with E-state index >= 15 is 0 Å². The molecule has 0 spiro atoms. The molecular weight excluding hydrogens is 272 g/mol. The smallest absolute Gasteiger partial charge is 0.318 e. The van der Waals surface area contributed by atoms with Gasteiger partial charge in [0.1, 0.15) is 6.54 Å². The fourth-order valence-electron chi connectivity index (χ4n) is 2.18. The van der Waals surface area contributed by atoms with E-state index in [0.29, 0.717) is 6.54 Å². The van der Waals surface area contributed by atoms with Crippen molar-refractivity contribution in [1.82, 2.24) is 8.61 Å². The first-order chi connectivity index (χ1) is 8.89. The second-order valence-electron chi connectivity index (χ2n) is 4.68. The molecule has 112 valence electrons. The number of nitrogens with zero attached hydrogens (tertiary/aromatic N) is 2. The van der Waals surface area contributed by atoms with Crippen LogP contribution in [0.15, 0.2) is 0 Å². The minimum atomic E-state index is -3.73. The maximum absolute atomic E-state index is 12.5. The minimum absolute atomic E-state index is 0.0500. The van der Waals surface area contributed by atoms with Crippen LogP contribution < -0.4 is 0 Å². The predicted octanol–water partition coefficient (Wildman–Crippen LogP) is 0.139. The second-order valence-corrected chi connectivity index (χ2v) is 6.56. The third-order valence-corrected chi connectivity index (χ3v) is 5.32. The fraction of sp³-hybridized carbons (Fsp3) is 0.909. The molecule has 1 unspecified atom stereocenters. The summed E-state index contributed by atoms with van der Waals surface area (Å²) in [5, 5.41) is 8.85. The predicted molar refractivity (Wildman–Crippen MR) is 70.0 cm³/mol. The van der Waals surface area contributed by atoms with Crippen molar-refractivity contribution in [2.24, 2.45) is 0 Å². The van der Waals surface area contributed by atoms with E-state index in [4.69, 9.17) is 9.84 Å². The third-order valence-electron chi connectivity index (χ3n) is 3.22. The van der Waals surface area contributed by atoms with E-state index in [1.165, 1.54) is 11.4 Å². The molecular formula is C11H22N2O5S. The van der Waals surface area contributed by atoms with E-state index in [0.717, 1.165) is 23.6 Å². The van der Waals surface area contributed by atoms with Crippen LogP contribution >= 0.6 is 0 Å². The van der Waals surface area contributed by atoms with E-state index in [1.807, 2.05) is 6.92 Å². The van der Waals surface area contributed by atoms with E-state index in [9.17, 15) is 13.2 Å². The number of carbonyl (C=O) groups is 1. The van der Waals surface area contributed by atoms with Gasteiger partial charge in [-0.05, 0) is 19.8 Å². The molecule has 0 saturated carbocycles. The molecule has 1 aliphatic heterocycles. The van der Waals surface area contributed by atoms with Crippen LogP contribution in [0.2, 0.25) is 0 Å². The number of ether oxygens (including phenoxy) is 1. The lowest BCUT2D eigenvalue weighted by atomic mass is 10.1. The Morgan fingerprint density at radius 3 is 2.68 bits per heavy atom. The molecule has 7 nitrogen and oxygen atoms in total. The summed E-state index contributed by atoms with van der Waals surface area (Å²) in [4.78, 5) is 10.8. The lowest BCUT2D eigenvalue weighted by molar-refractivity contribution is -0.137. The summed E-state index contributed by atoms with van der Waals surface area (Å²) in [7, 11) is -2.28. The molecule has 1 fully saturated rings. The maximum atomic E-state index is 12.5. The van der Waals surface area contributed by atoms with Crippen molar-refractivity contribution in [2.75, 3.05) is 33.4 Å². The molecule has 0 amide bonds. The molecule has 1 rings (SSSR count). The van der Waals surface area contributed by atoms with Gasteiger partial charge >= 0.3 is 5.97 Å². The van der Waals surface area contributed by atoms with Crippen molar-refractivity contribution in [3.8, 4) is 0 Å². The Morgan fingerprint density at radius 2 is 2.16 bits per heavy atom. The molecule has 0 aromatic rings. The largest absolute Gasteiger partial charge is 0.480 e. The quantitative estimate of drug-likeness (QED) is 0.721. The number of methoxy groups -OCH3 is 1. The number of aliphatic carboxylic acids is 1. The summed E-state index contributed by atoms with van der Waals surface area (Å²) >= 11 is 0. The number of rotatable bonds is 7. The molecule has 0 aliphatic carbocycles. The lowest BCUT2D eigenvalue weighted by Gasteiger charge is -2.35. The Morgan fingerprint density at radius 1 is 1.47 bits per heavy atom.